The third kappa shape index (κ3) is 4.11. The number of amides is 1. The van der Waals surface area contributed by atoms with Crippen molar-refractivity contribution in [2.45, 2.75) is 17.7 Å². The highest BCUT2D eigenvalue weighted by molar-refractivity contribution is 8.15. The van der Waals surface area contributed by atoms with Crippen LogP contribution in [0.4, 0.5) is 9.18 Å². The summed E-state index contributed by atoms with van der Waals surface area (Å²) in [5, 5.41) is 16.2. The summed E-state index contributed by atoms with van der Waals surface area (Å²) in [4.78, 5) is 10.1. The minimum atomic E-state index is -1.03. The Balaban J connectivity index is 1.79. The van der Waals surface area contributed by atoms with Crippen molar-refractivity contribution in [1.82, 2.24) is 10.7 Å². The van der Waals surface area contributed by atoms with Gasteiger partial charge in [0.1, 0.15) is 15.7 Å². The van der Waals surface area contributed by atoms with Gasteiger partial charge in [-0.2, -0.15) is 5.10 Å². The van der Waals surface area contributed by atoms with E-state index in [9.17, 15) is 9.18 Å². The van der Waals surface area contributed by atoms with Crippen molar-refractivity contribution in [2.75, 3.05) is 6.54 Å². The summed E-state index contributed by atoms with van der Waals surface area (Å²) in [6, 6.07) is 16.2. The highest BCUT2D eigenvalue weighted by Crippen LogP contribution is 2.43. The lowest BCUT2D eigenvalue weighted by Gasteiger charge is -2.28. The summed E-state index contributed by atoms with van der Waals surface area (Å²) >= 11 is 1.53. The lowest BCUT2D eigenvalue weighted by atomic mass is 10.0. The number of halogens is 1. The fourth-order valence-corrected chi connectivity index (χ4v) is 3.97. The number of hydrogen-bond donors (Lipinski definition) is 3. The van der Waals surface area contributed by atoms with E-state index in [0.29, 0.717) is 19.4 Å². The van der Waals surface area contributed by atoms with Gasteiger partial charge in [-0.25, -0.2) is 9.18 Å². The van der Waals surface area contributed by atoms with Gasteiger partial charge >= 0.3 is 6.09 Å². The van der Waals surface area contributed by atoms with Crippen molar-refractivity contribution in [1.29, 1.82) is 0 Å². The Labute approximate surface area is 149 Å². The standard InChI is InChI=1S/C18H18FN3O2S/c19-15-9-4-6-13(12-15)16-21-22-18(25-16,10-5-11-20-17(23)24)14-7-2-1-3-8-14/h1-4,6-9,12,20,22H,5,10-11H2,(H,23,24). The van der Waals surface area contributed by atoms with E-state index in [1.807, 2.05) is 36.4 Å². The molecule has 1 unspecified atom stereocenters. The second kappa shape index (κ2) is 7.57. The Morgan fingerprint density at radius 3 is 2.76 bits per heavy atom. The number of carboxylic acid groups (broad SMARTS) is 1. The fourth-order valence-electron chi connectivity index (χ4n) is 2.71. The van der Waals surface area contributed by atoms with Crippen molar-refractivity contribution >= 4 is 22.9 Å². The summed E-state index contributed by atoms with van der Waals surface area (Å²) in [7, 11) is 0. The van der Waals surface area contributed by atoms with Crippen molar-refractivity contribution in [3.05, 3.63) is 71.5 Å². The van der Waals surface area contributed by atoms with Crippen LogP contribution in [0.3, 0.4) is 0 Å². The van der Waals surface area contributed by atoms with Gasteiger partial charge in [-0.1, -0.05) is 54.2 Å². The Kier molecular flexibility index (Phi) is 5.23. The molecule has 0 aromatic heterocycles. The number of hydrogen-bond acceptors (Lipinski definition) is 4. The zero-order chi connectivity index (χ0) is 17.7. The van der Waals surface area contributed by atoms with E-state index in [1.165, 1.54) is 23.9 Å². The van der Waals surface area contributed by atoms with Gasteiger partial charge in [0.05, 0.1) is 0 Å². The molecule has 1 amide bonds. The molecule has 130 valence electrons. The van der Waals surface area contributed by atoms with Gasteiger partial charge in [0.25, 0.3) is 0 Å². The number of carbonyl (C=O) groups is 1. The van der Waals surface area contributed by atoms with E-state index in [0.717, 1.165) is 16.2 Å². The number of thioether (sulfide) groups is 1. The molecule has 5 nitrogen and oxygen atoms in total. The monoisotopic (exact) mass is 359 g/mol. The maximum Gasteiger partial charge on any atom is 0.404 e. The summed E-state index contributed by atoms with van der Waals surface area (Å²) in [6.07, 6.45) is 0.287. The summed E-state index contributed by atoms with van der Waals surface area (Å²) < 4.78 is 13.5. The molecule has 0 radical (unpaired) electrons. The number of nitrogens with one attached hydrogen (secondary N) is 2. The maximum absolute atomic E-state index is 13.5. The minimum Gasteiger partial charge on any atom is -0.465 e. The van der Waals surface area contributed by atoms with E-state index in [-0.39, 0.29) is 5.82 Å². The zero-order valence-electron chi connectivity index (χ0n) is 13.4. The topological polar surface area (TPSA) is 73.7 Å². The minimum absolute atomic E-state index is 0.302. The first kappa shape index (κ1) is 17.3. The molecular formula is C18H18FN3O2S. The first-order chi connectivity index (χ1) is 12.1. The predicted molar refractivity (Wildman–Crippen MR) is 97.0 cm³/mol. The van der Waals surface area contributed by atoms with Crippen LogP contribution in [0.15, 0.2) is 59.7 Å². The van der Waals surface area contributed by atoms with Gasteiger partial charge in [0.2, 0.25) is 0 Å². The predicted octanol–water partition coefficient (Wildman–Crippen LogP) is 3.72. The second-order valence-corrected chi connectivity index (χ2v) is 6.96. The van der Waals surface area contributed by atoms with Crippen LogP contribution >= 0.6 is 11.8 Å². The van der Waals surface area contributed by atoms with Crippen molar-refractivity contribution in [3.63, 3.8) is 0 Å². The molecule has 7 heteroatoms. The third-order valence-corrected chi connectivity index (χ3v) is 5.30. The van der Waals surface area contributed by atoms with E-state index in [4.69, 9.17) is 5.11 Å². The molecule has 0 spiro atoms. The average Bonchev–Trinajstić information content (AvgIpc) is 3.05. The molecule has 1 aliphatic rings. The molecule has 3 N–H and O–H groups in total. The van der Waals surface area contributed by atoms with Crippen LogP contribution in [0.5, 0.6) is 0 Å². The summed E-state index contributed by atoms with van der Waals surface area (Å²) in [5.41, 5.74) is 4.96. The Hall–Kier alpha value is -2.54. The van der Waals surface area contributed by atoms with E-state index in [1.54, 1.807) is 6.07 Å². The summed E-state index contributed by atoms with van der Waals surface area (Å²) in [5.74, 6) is -0.302. The van der Waals surface area contributed by atoms with E-state index in [2.05, 4.69) is 15.8 Å². The lowest BCUT2D eigenvalue weighted by molar-refractivity contribution is 0.194. The molecule has 25 heavy (non-hydrogen) atoms. The molecular weight excluding hydrogens is 341 g/mol. The average molecular weight is 359 g/mol. The highest BCUT2D eigenvalue weighted by Gasteiger charge is 2.38. The molecule has 0 saturated carbocycles. The Morgan fingerprint density at radius 1 is 1.24 bits per heavy atom. The molecule has 3 rings (SSSR count). The van der Waals surface area contributed by atoms with Gasteiger partial charge in [-0.15, -0.1) is 0 Å². The van der Waals surface area contributed by atoms with Crippen molar-refractivity contribution in [2.24, 2.45) is 5.10 Å². The molecule has 0 fully saturated rings. The molecule has 1 aliphatic heterocycles. The smallest absolute Gasteiger partial charge is 0.404 e. The zero-order valence-corrected chi connectivity index (χ0v) is 14.2. The molecule has 1 atom stereocenters. The van der Waals surface area contributed by atoms with Crippen LogP contribution in [0, 0.1) is 5.82 Å². The number of hydrazone groups is 1. The van der Waals surface area contributed by atoms with Gasteiger partial charge in [0.15, 0.2) is 0 Å². The van der Waals surface area contributed by atoms with E-state index < -0.39 is 11.0 Å². The molecule has 0 bridgehead atoms. The van der Waals surface area contributed by atoms with Crippen LogP contribution in [0.25, 0.3) is 0 Å². The summed E-state index contributed by atoms with van der Waals surface area (Å²) in [6.45, 7) is 0.363. The van der Waals surface area contributed by atoms with Gasteiger partial charge in [-0.3, -0.25) is 5.43 Å². The Bertz CT molecular complexity index is 785. The normalized spacial score (nSPS) is 19.2. The van der Waals surface area contributed by atoms with Crippen LogP contribution in [-0.4, -0.2) is 22.8 Å². The number of nitrogens with zero attached hydrogens (tertiary/aromatic N) is 1. The van der Waals surface area contributed by atoms with E-state index >= 15 is 0 Å². The maximum atomic E-state index is 13.5. The first-order valence-corrected chi connectivity index (χ1v) is 8.73. The van der Waals surface area contributed by atoms with Crippen LogP contribution in [0.2, 0.25) is 0 Å². The van der Waals surface area contributed by atoms with Gasteiger partial charge in [0, 0.05) is 12.1 Å². The van der Waals surface area contributed by atoms with Crippen LogP contribution < -0.4 is 10.7 Å². The van der Waals surface area contributed by atoms with Crippen LogP contribution in [0.1, 0.15) is 24.0 Å². The fraction of sp³-hybridized carbons (Fsp3) is 0.222. The largest absolute Gasteiger partial charge is 0.465 e. The molecule has 1 heterocycles. The quantitative estimate of drug-likeness (QED) is 0.687. The number of benzene rings is 2. The third-order valence-electron chi connectivity index (χ3n) is 3.90. The van der Waals surface area contributed by atoms with Gasteiger partial charge < -0.3 is 10.4 Å². The molecule has 2 aromatic rings. The van der Waals surface area contributed by atoms with Crippen molar-refractivity contribution < 1.29 is 14.3 Å². The Morgan fingerprint density at radius 2 is 2.04 bits per heavy atom. The molecule has 0 aliphatic carbocycles. The lowest BCUT2D eigenvalue weighted by Crippen LogP contribution is -2.34. The van der Waals surface area contributed by atoms with Crippen molar-refractivity contribution in [3.8, 4) is 0 Å². The van der Waals surface area contributed by atoms with Crippen LogP contribution in [-0.2, 0) is 4.87 Å². The first-order valence-electron chi connectivity index (χ1n) is 7.91. The molecule has 0 saturated heterocycles. The number of rotatable bonds is 6. The highest BCUT2D eigenvalue weighted by atomic mass is 32.2. The SMILES string of the molecule is O=C(O)NCCCC1(c2ccccc2)NN=C(c2cccc(F)c2)S1. The molecule has 2 aromatic carbocycles. The van der Waals surface area contributed by atoms with Gasteiger partial charge in [-0.05, 0) is 30.5 Å². The second-order valence-electron chi connectivity index (χ2n) is 5.67.